The van der Waals surface area contributed by atoms with Gasteiger partial charge in [0, 0.05) is 5.41 Å². The lowest BCUT2D eigenvalue weighted by Gasteiger charge is -2.26. The van der Waals surface area contributed by atoms with Gasteiger partial charge in [-0.1, -0.05) is 222 Å². The monoisotopic (exact) mass is 838 g/mol. The first kappa shape index (κ1) is 40.0. The predicted molar refractivity (Wildman–Crippen MR) is 284 cm³/mol. The Morgan fingerprint density at radius 2 is 0.692 bits per heavy atom. The standard InChI is InChI=1S/C65H58/c1-62(2,3)44-24-30-50-49-27-21-43(35-55(49)65(10,11)56(50)36-44)59-51(47-25-19-37-15-17-39-31-45(63(4,5)6)33-41-22-28-53(47)60(37)57(39)41)13-12-14-52(59)48-26-20-38-16-18-40-32-46(64(7,8)9)34-42-23-29-54(48)61(38)58(40)42/h12-36H,1-11H3. The van der Waals surface area contributed by atoms with Crippen LogP contribution in [0, 0.1) is 0 Å². The molecule has 0 unspecified atom stereocenters. The summed E-state index contributed by atoms with van der Waals surface area (Å²) in [5.74, 6) is 0. The Kier molecular flexibility index (Phi) is 8.19. The molecule has 0 radical (unpaired) electrons. The molecule has 0 bridgehead atoms. The highest BCUT2D eigenvalue weighted by Crippen LogP contribution is 2.53. The van der Waals surface area contributed by atoms with Crippen molar-refractivity contribution < 1.29 is 0 Å². The van der Waals surface area contributed by atoms with Gasteiger partial charge in [0.15, 0.2) is 0 Å². The van der Waals surface area contributed by atoms with Crippen LogP contribution >= 0.6 is 0 Å². The van der Waals surface area contributed by atoms with Crippen molar-refractivity contribution in [3.8, 4) is 44.5 Å². The zero-order valence-electron chi connectivity index (χ0n) is 39.9. The van der Waals surface area contributed by atoms with Crippen LogP contribution < -0.4 is 0 Å². The van der Waals surface area contributed by atoms with E-state index < -0.39 is 0 Å². The molecule has 318 valence electrons. The summed E-state index contributed by atoms with van der Waals surface area (Å²) < 4.78 is 0. The minimum atomic E-state index is -0.158. The lowest BCUT2D eigenvalue weighted by molar-refractivity contribution is 0.584. The third-order valence-electron chi connectivity index (χ3n) is 15.4. The number of rotatable bonds is 3. The SMILES string of the molecule is CC(C)(C)c1ccc2c(c1)C(C)(C)c1cc(-c3c(-c4ccc5ccc6cc(C(C)(C)C)cc7ccc4c5c67)cccc3-c3ccc4ccc5cc(C(C)(C)C)cc6ccc3c4c56)ccc1-2. The zero-order valence-corrected chi connectivity index (χ0v) is 39.9. The van der Waals surface area contributed by atoms with E-state index >= 15 is 0 Å². The molecule has 0 heterocycles. The lowest BCUT2D eigenvalue weighted by atomic mass is 9.78. The molecule has 0 N–H and O–H groups in total. The van der Waals surface area contributed by atoms with Crippen LogP contribution in [0.4, 0.5) is 0 Å². The summed E-state index contributed by atoms with van der Waals surface area (Å²) in [5, 5.41) is 15.9. The number of hydrogen-bond acceptors (Lipinski definition) is 0. The van der Waals surface area contributed by atoms with E-state index in [4.69, 9.17) is 0 Å². The fourth-order valence-electron chi connectivity index (χ4n) is 11.6. The highest BCUT2D eigenvalue weighted by Gasteiger charge is 2.37. The smallest absolute Gasteiger partial charge is 0.0159 e. The summed E-state index contributed by atoms with van der Waals surface area (Å²) >= 11 is 0. The molecule has 0 saturated carbocycles. The van der Waals surface area contributed by atoms with Crippen molar-refractivity contribution in [3.63, 3.8) is 0 Å². The highest BCUT2D eigenvalue weighted by molar-refractivity contribution is 6.28. The van der Waals surface area contributed by atoms with Crippen molar-refractivity contribution in [2.24, 2.45) is 0 Å². The fraction of sp³-hybridized carbons (Fsp3) is 0.231. The van der Waals surface area contributed by atoms with Gasteiger partial charge >= 0.3 is 0 Å². The van der Waals surface area contributed by atoms with E-state index in [2.05, 4.69) is 228 Å². The first-order valence-electron chi connectivity index (χ1n) is 23.7. The van der Waals surface area contributed by atoms with Crippen molar-refractivity contribution in [2.45, 2.75) is 97.8 Å². The summed E-state index contributed by atoms with van der Waals surface area (Å²) in [7, 11) is 0. The molecule has 11 aromatic carbocycles. The third kappa shape index (κ3) is 5.88. The highest BCUT2D eigenvalue weighted by atomic mass is 14.4. The molecule has 1 aliphatic carbocycles. The molecule has 0 atom stereocenters. The maximum absolute atomic E-state index is 2.54. The van der Waals surface area contributed by atoms with Gasteiger partial charge in [-0.25, -0.2) is 0 Å². The molecular formula is C65H58. The van der Waals surface area contributed by atoms with Crippen LogP contribution in [0.2, 0.25) is 0 Å². The average molecular weight is 839 g/mol. The molecule has 0 nitrogen and oxygen atoms in total. The largest absolute Gasteiger partial charge is 0.0610 e. The maximum Gasteiger partial charge on any atom is 0.0159 e. The topological polar surface area (TPSA) is 0 Å². The van der Waals surface area contributed by atoms with Crippen molar-refractivity contribution in [3.05, 3.63) is 179 Å². The Bertz CT molecular complexity index is 3550. The molecule has 0 amide bonds. The molecule has 1 aliphatic rings. The lowest BCUT2D eigenvalue weighted by Crippen LogP contribution is -2.17. The van der Waals surface area contributed by atoms with Crippen LogP contribution in [0.5, 0.6) is 0 Å². The van der Waals surface area contributed by atoms with Crippen molar-refractivity contribution >= 4 is 64.6 Å². The molecule has 0 spiro atoms. The van der Waals surface area contributed by atoms with E-state index in [-0.39, 0.29) is 21.7 Å². The molecule has 0 aromatic heterocycles. The van der Waals surface area contributed by atoms with Gasteiger partial charge in [0.1, 0.15) is 0 Å². The Morgan fingerprint density at radius 1 is 0.308 bits per heavy atom. The zero-order chi connectivity index (χ0) is 45.1. The maximum atomic E-state index is 2.54. The van der Waals surface area contributed by atoms with Crippen LogP contribution in [0.1, 0.15) is 104 Å². The van der Waals surface area contributed by atoms with Gasteiger partial charge in [-0.15, -0.1) is 0 Å². The van der Waals surface area contributed by atoms with Gasteiger partial charge in [-0.05, 0) is 159 Å². The molecule has 0 heteroatoms. The normalized spacial score (nSPS) is 14.2. The van der Waals surface area contributed by atoms with Gasteiger partial charge < -0.3 is 0 Å². The fourth-order valence-corrected chi connectivity index (χ4v) is 11.6. The van der Waals surface area contributed by atoms with Crippen LogP contribution in [0.3, 0.4) is 0 Å². The second-order valence-electron chi connectivity index (χ2n) is 23.0. The summed E-state index contributed by atoms with van der Waals surface area (Å²) in [6.45, 7) is 25.7. The molecule has 0 fully saturated rings. The Morgan fingerprint density at radius 3 is 1.15 bits per heavy atom. The van der Waals surface area contributed by atoms with Gasteiger partial charge in [-0.2, -0.15) is 0 Å². The summed E-state index contributed by atoms with van der Waals surface area (Å²) in [4.78, 5) is 0. The molecule has 11 aromatic rings. The first-order chi connectivity index (χ1) is 30.9. The Labute approximate surface area is 384 Å². The van der Waals surface area contributed by atoms with Crippen LogP contribution in [-0.2, 0) is 21.7 Å². The molecule has 0 aliphatic heterocycles. The minimum Gasteiger partial charge on any atom is -0.0610 e. The van der Waals surface area contributed by atoms with Crippen molar-refractivity contribution in [1.29, 1.82) is 0 Å². The minimum absolute atomic E-state index is 0.0616. The number of hydrogen-bond donors (Lipinski definition) is 0. The van der Waals surface area contributed by atoms with E-state index in [0.717, 1.165) is 0 Å². The van der Waals surface area contributed by atoms with E-state index in [1.54, 1.807) is 0 Å². The van der Waals surface area contributed by atoms with Gasteiger partial charge in [0.05, 0.1) is 0 Å². The Hall–Kier alpha value is -6.50. The molecule has 0 saturated heterocycles. The van der Waals surface area contributed by atoms with Crippen molar-refractivity contribution in [2.75, 3.05) is 0 Å². The van der Waals surface area contributed by atoms with E-state index in [1.807, 2.05) is 0 Å². The second kappa shape index (κ2) is 13.3. The molecule has 12 rings (SSSR count). The molecule has 65 heavy (non-hydrogen) atoms. The van der Waals surface area contributed by atoms with Crippen LogP contribution in [0.15, 0.2) is 152 Å². The van der Waals surface area contributed by atoms with Gasteiger partial charge in [0.2, 0.25) is 0 Å². The first-order valence-corrected chi connectivity index (χ1v) is 23.7. The quantitative estimate of drug-likeness (QED) is 0.156. The number of benzene rings is 11. The Balaban J connectivity index is 1.15. The average Bonchev–Trinajstić information content (AvgIpc) is 3.50. The van der Waals surface area contributed by atoms with E-state index in [1.165, 1.54) is 137 Å². The van der Waals surface area contributed by atoms with Gasteiger partial charge in [-0.3, -0.25) is 0 Å². The van der Waals surface area contributed by atoms with Crippen LogP contribution in [-0.4, -0.2) is 0 Å². The predicted octanol–water partition coefficient (Wildman–Crippen LogP) is 18.7. The third-order valence-corrected chi connectivity index (χ3v) is 15.4. The van der Waals surface area contributed by atoms with Crippen molar-refractivity contribution in [1.82, 2.24) is 0 Å². The summed E-state index contributed by atoms with van der Waals surface area (Å²) in [5.41, 5.74) is 17.3. The van der Waals surface area contributed by atoms with E-state index in [0.29, 0.717) is 0 Å². The number of fused-ring (bicyclic) bond motifs is 3. The summed E-state index contributed by atoms with van der Waals surface area (Å²) in [6, 6.07) is 59.7. The van der Waals surface area contributed by atoms with Gasteiger partial charge in [0.25, 0.3) is 0 Å². The van der Waals surface area contributed by atoms with E-state index in [9.17, 15) is 0 Å². The second-order valence-corrected chi connectivity index (χ2v) is 23.0. The molecular weight excluding hydrogens is 781 g/mol. The van der Waals surface area contributed by atoms with Crippen LogP contribution in [0.25, 0.3) is 109 Å². The summed E-state index contributed by atoms with van der Waals surface area (Å²) in [6.07, 6.45) is 0.